The molecule has 0 unspecified atom stereocenters. The average Bonchev–Trinajstić information content (AvgIpc) is 3.21. The number of methoxy groups -OCH3 is 1. The van der Waals surface area contributed by atoms with Crippen LogP contribution in [0.5, 0.6) is 17.2 Å². The van der Waals surface area contributed by atoms with E-state index in [1.807, 2.05) is 12.1 Å². The molecule has 4 rings (SSSR count). The summed E-state index contributed by atoms with van der Waals surface area (Å²) in [6.07, 6.45) is -0.302. The summed E-state index contributed by atoms with van der Waals surface area (Å²) < 4.78 is 16.4. The number of rotatable bonds is 4. The monoisotopic (exact) mass is 349 g/mol. The maximum absolute atomic E-state index is 10.6. The summed E-state index contributed by atoms with van der Waals surface area (Å²) in [5, 5.41) is 10.6. The van der Waals surface area contributed by atoms with Crippen molar-refractivity contribution in [1.29, 1.82) is 0 Å². The molecule has 25 heavy (non-hydrogen) atoms. The Morgan fingerprint density at radius 1 is 1.12 bits per heavy atom. The van der Waals surface area contributed by atoms with Crippen molar-refractivity contribution in [3.8, 4) is 17.2 Å². The number of aliphatic hydroxyl groups excluding tert-OH is 1. The second-order valence-electron chi connectivity index (χ2n) is 7.19. The van der Waals surface area contributed by atoms with E-state index in [0.29, 0.717) is 6.54 Å². The van der Waals surface area contributed by atoms with Gasteiger partial charge >= 0.3 is 0 Å². The highest BCUT2D eigenvalue weighted by Gasteiger charge is 2.36. The Hall–Kier alpha value is -1.54. The smallest absolute Gasteiger partial charge is 0.231 e. The van der Waals surface area contributed by atoms with E-state index >= 15 is 0 Å². The number of aliphatic hydroxyl groups is 1. The number of nitrogens with zero attached hydrogens (tertiary/aromatic N) is 3. The number of piperazine rings is 1. The highest BCUT2D eigenvalue weighted by Crippen LogP contribution is 2.38. The molecule has 3 aliphatic rings. The first-order chi connectivity index (χ1) is 12.1. The molecule has 0 aromatic heterocycles. The standard InChI is InChI=1S/C18H27N3O4/c1-19-3-5-21(6-4-19)14-10-20(11-15(14)22)9-13-7-17-18(25-12-24-17)8-16(13)23-2/h7-8,14-15,22H,3-6,9-12H2,1-2H3/t14-,15-/m1/s1. The number of hydrogen-bond acceptors (Lipinski definition) is 7. The summed E-state index contributed by atoms with van der Waals surface area (Å²) in [5.41, 5.74) is 1.07. The predicted octanol–water partition coefficient (Wildman–Crippen LogP) is 0.216. The maximum atomic E-state index is 10.6. The van der Waals surface area contributed by atoms with Crippen LogP contribution in [-0.4, -0.2) is 92.2 Å². The van der Waals surface area contributed by atoms with Crippen molar-refractivity contribution >= 4 is 0 Å². The molecule has 2 fully saturated rings. The largest absolute Gasteiger partial charge is 0.496 e. The minimum atomic E-state index is -0.302. The fraction of sp³-hybridized carbons (Fsp3) is 0.667. The summed E-state index contributed by atoms with van der Waals surface area (Å²) in [6.45, 7) is 6.76. The second-order valence-corrected chi connectivity index (χ2v) is 7.19. The van der Waals surface area contributed by atoms with E-state index in [1.165, 1.54) is 0 Å². The molecule has 7 heteroatoms. The van der Waals surface area contributed by atoms with Crippen molar-refractivity contribution in [2.24, 2.45) is 0 Å². The van der Waals surface area contributed by atoms with Crippen molar-refractivity contribution in [1.82, 2.24) is 14.7 Å². The molecule has 1 aromatic carbocycles. The van der Waals surface area contributed by atoms with Crippen molar-refractivity contribution in [3.63, 3.8) is 0 Å². The molecule has 0 saturated carbocycles. The molecule has 3 heterocycles. The van der Waals surface area contributed by atoms with Crippen LogP contribution < -0.4 is 14.2 Å². The molecule has 1 N–H and O–H groups in total. The molecule has 1 aromatic rings. The molecule has 0 spiro atoms. The van der Waals surface area contributed by atoms with E-state index in [2.05, 4.69) is 21.7 Å². The zero-order chi connectivity index (χ0) is 17.4. The summed E-state index contributed by atoms with van der Waals surface area (Å²) >= 11 is 0. The van der Waals surface area contributed by atoms with E-state index in [9.17, 15) is 5.11 Å². The zero-order valence-corrected chi connectivity index (χ0v) is 15.0. The summed E-state index contributed by atoms with van der Waals surface area (Å²) in [7, 11) is 3.83. The first kappa shape index (κ1) is 16.9. The van der Waals surface area contributed by atoms with Crippen LogP contribution in [0.25, 0.3) is 0 Å². The Kier molecular flexibility index (Phi) is 4.73. The van der Waals surface area contributed by atoms with Gasteiger partial charge in [-0.05, 0) is 13.1 Å². The third-order valence-corrected chi connectivity index (χ3v) is 5.51. The van der Waals surface area contributed by atoms with Crippen molar-refractivity contribution in [2.75, 3.05) is 60.2 Å². The lowest BCUT2D eigenvalue weighted by Gasteiger charge is -2.37. The molecule has 2 saturated heterocycles. The van der Waals surface area contributed by atoms with Gasteiger partial charge in [0, 0.05) is 63.5 Å². The highest BCUT2D eigenvalue weighted by atomic mass is 16.7. The maximum Gasteiger partial charge on any atom is 0.231 e. The van der Waals surface area contributed by atoms with Gasteiger partial charge in [0.05, 0.1) is 13.2 Å². The van der Waals surface area contributed by atoms with Crippen LogP contribution in [0.2, 0.25) is 0 Å². The number of fused-ring (bicyclic) bond motifs is 1. The van der Waals surface area contributed by atoms with Gasteiger partial charge in [-0.3, -0.25) is 9.80 Å². The van der Waals surface area contributed by atoms with Gasteiger partial charge in [-0.25, -0.2) is 0 Å². The Labute approximate surface area is 148 Å². The van der Waals surface area contributed by atoms with Crippen molar-refractivity contribution in [2.45, 2.75) is 18.7 Å². The van der Waals surface area contributed by atoms with Crippen LogP contribution in [-0.2, 0) is 6.54 Å². The molecular weight excluding hydrogens is 322 g/mol. The molecule has 138 valence electrons. The van der Waals surface area contributed by atoms with Gasteiger partial charge in [-0.2, -0.15) is 0 Å². The number of benzene rings is 1. The van der Waals surface area contributed by atoms with Gasteiger partial charge in [0.25, 0.3) is 0 Å². The average molecular weight is 349 g/mol. The number of hydrogen-bond donors (Lipinski definition) is 1. The normalized spacial score (nSPS) is 27.8. The first-order valence-corrected chi connectivity index (χ1v) is 8.93. The van der Waals surface area contributed by atoms with Crippen LogP contribution in [0.4, 0.5) is 0 Å². The van der Waals surface area contributed by atoms with Gasteiger partial charge in [0.15, 0.2) is 11.5 Å². The van der Waals surface area contributed by atoms with Crippen LogP contribution in [0.15, 0.2) is 12.1 Å². The van der Waals surface area contributed by atoms with Crippen molar-refractivity contribution in [3.05, 3.63) is 17.7 Å². The van der Waals surface area contributed by atoms with Gasteiger partial charge < -0.3 is 24.2 Å². The van der Waals surface area contributed by atoms with Gasteiger partial charge in [0.2, 0.25) is 6.79 Å². The number of β-amino-alcohol motifs (C(OH)–C–C–N with tert-alkyl or cyclic N) is 1. The summed E-state index contributed by atoms with van der Waals surface area (Å²) in [4.78, 5) is 7.07. The summed E-state index contributed by atoms with van der Waals surface area (Å²) in [6, 6.07) is 4.10. The predicted molar refractivity (Wildman–Crippen MR) is 93.3 cm³/mol. The van der Waals surface area contributed by atoms with E-state index < -0.39 is 0 Å². The van der Waals surface area contributed by atoms with E-state index in [0.717, 1.165) is 62.1 Å². The second kappa shape index (κ2) is 6.99. The van der Waals surface area contributed by atoms with Crippen LogP contribution >= 0.6 is 0 Å². The number of likely N-dealkylation sites (tertiary alicyclic amines) is 1. The van der Waals surface area contributed by atoms with Gasteiger partial charge in [-0.1, -0.05) is 0 Å². The molecule has 2 atom stereocenters. The summed E-state index contributed by atoms with van der Waals surface area (Å²) in [5.74, 6) is 2.31. The minimum absolute atomic E-state index is 0.216. The third kappa shape index (κ3) is 3.42. The van der Waals surface area contributed by atoms with Crippen LogP contribution in [0, 0.1) is 0 Å². The van der Waals surface area contributed by atoms with Crippen molar-refractivity contribution < 1.29 is 19.3 Å². The molecule has 0 aliphatic carbocycles. The number of likely N-dealkylation sites (N-methyl/N-ethyl adjacent to an activating group) is 1. The molecule has 3 aliphatic heterocycles. The van der Waals surface area contributed by atoms with E-state index in [4.69, 9.17) is 14.2 Å². The lowest BCUT2D eigenvalue weighted by Crippen LogP contribution is -2.52. The molecule has 7 nitrogen and oxygen atoms in total. The fourth-order valence-corrected chi connectivity index (χ4v) is 4.01. The highest BCUT2D eigenvalue weighted by molar-refractivity contribution is 5.51. The SMILES string of the molecule is COc1cc2c(cc1CN1C[C@@H](O)[C@H](N3CCN(C)CC3)C1)OCO2. The van der Waals surface area contributed by atoms with Crippen LogP contribution in [0.3, 0.4) is 0 Å². The molecular formula is C18H27N3O4. The quantitative estimate of drug-likeness (QED) is 0.834. The Morgan fingerprint density at radius 2 is 1.84 bits per heavy atom. The molecule has 0 radical (unpaired) electrons. The van der Waals surface area contributed by atoms with E-state index in [1.54, 1.807) is 7.11 Å². The Morgan fingerprint density at radius 3 is 2.56 bits per heavy atom. The van der Waals surface area contributed by atoms with Gasteiger partial charge in [0.1, 0.15) is 5.75 Å². The zero-order valence-electron chi connectivity index (χ0n) is 15.0. The van der Waals surface area contributed by atoms with E-state index in [-0.39, 0.29) is 18.9 Å². The lowest BCUT2D eigenvalue weighted by molar-refractivity contribution is 0.0512. The van der Waals surface area contributed by atoms with Gasteiger partial charge in [-0.15, -0.1) is 0 Å². The molecule has 0 bridgehead atoms. The molecule has 0 amide bonds. The Balaban J connectivity index is 1.44. The lowest BCUT2D eigenvalue weighted by atomic mass is 10.1. The van der Waals surface area contributed by atoms with Crippen LogP contribution in [0.1, 0.15) is 5.56 Å². The third-order valence-electron chi connectivity index (χ3n) is 5.51. The first-order valence-electron chi connectivity index (χ1n) is 8.93. The Bertz CT molecular complexity index is 619. The topological polar surface area (TPSA) is 57.6 Å². The fourth-order valence-electron chi connectivity index (χ4n) is 4.01. The minimum Gasteiger partial charge on any atom is -0.496 e. The number of ether oxygens (including phenoxy) is 3.